The summed E-state index contributed by atoms with van der Waals surface area (Å²) in [5, 5.41) is 3.17. The molecule has 0 unspecified atom stereocenters. The zero-order valence-electron chi connectivity index (χ0n) is 15.2. The first-order valence-electron chi connectivity index (χ1n) is 8.10. The van der Waals surface area contributed by atoms with Gasteiger partial charge in [0.1, 0.15) is 5.75 Å². The van der Waals surface area contributed by atoms with E-state index in [1.165, 1.54) is 16.7 Å². The second-order valence-corrected chi connectivity index (χ2v) is 6.82. The molecule has 0 saturated heterocycles. The number of benzene rings is 2. The van der Waals surface area contributed by atoms with Crippen molar-refractivity contribution < 1.29 is 4.74 Å². The van der Waals surface area contributed by atoms with E-state index in [2.05, 4.69) is 68.3 Å². The Bertz CT molecular complexity index is 698. The fourth-order valence-corrected chi connectivity index (χ4v) is 2.65. The highest BCUT2D eigenvalue weighted by molar-refractivity contribution is 5.92. The molecule has 24 heavy (non-hydrogen) atoms. The lowest BCUT2D eigenvalue weighted by atomic mass is 9.85. The Hall–Kier alpha value is -2.49. The van der Waals surface area contributed by atoms with Crippen LogP contribution in [-0.4, -0.2) is 19.6 Å². The van der Waals surface area contributed by atoms with E-state index in [4.69, 9.17) is 10.5 Å². The number of ether oxygens (including phenoxy) is 1. The molecule has 0 saturated carbocycles. The van der Waals surface area contributed by atoms with Crippen molar-refractivity contribution in [3.8, 4) is 5.75 Å². The van der Waals surface area contributed by atoms with E-state index >= 15 is 0 Å². The average Bonchev–Trinajstić information content (AvgIpc) is 2.52. The summed E-state index contributed by atoms with van der Waals surface area (Å²) in [5.74, 6) is 1.29. The number of methoxy groups -OCH3 is 1. The topological polar surface area (TPSA) is 59.6 Å². The summed E-state index contributed by atoms with van der Waals surface area (Å²) in [5.41, 5.74) is 10.5. The standard InChI is InChI=1S/C20H27N3O/c1-14-10-15(2)12-17(11-14)23-19(21)22-13-20(3,4)16-6-8-18(24-5)9-7-16/h6-12H,13H2,1-5H3,(H3,21,22,23). The fourth-order valence-electron chi connectivity index (χ4n) is 2.65. The summed E-state index contributed by atoms with van der Waals surface area (Å²) in [6, 6.07) is 14.3. The molecule has 0 aromatic heterocycles. The van der Waals surface area contributed by atoms with Crippen LogP contribution in [0.5, 0.6) is 5.75 Å². The van der Waals surface area contributed by atoms with Gasteiger partial charge in [-0.2, -0.15) is 0 Å². The lowest BCUT2D eigenvalue weighted by molar-refractivity contribution is 0.414. The van der Waals surface area contributed by atoms with Crippen LogP contribution in [-0.2, 0) is 5.41 Å². The number of anilines is 1. The van der Waals surface area contributed by atoms with Gasteiger partial charge in [-0.15, -0.1) is 0 Å². The number of aryl methyl sites for hydroxylation is 2. The number of nitrogens with one attached hydrogen (secondary N) is 1. The largest absolute Gasteiger partial charge is 0.497 e. The van der Waals surface area contributed by atoms with Crippen LogP contribution in [0.15, 0.2) is 47.5 Å². The van der Waals surface area contributed by atoms with Crippen molar-refractivity contribution in [3.63, 3.8) is 0 Å². The Labute approximate surface area is 144 Å². The van der Waals surface area contributed by atoms with Gasteiger partial charge in [0, 0.05) is 11.1 Å². The number of guanidine groups is 1. The van der Waals surface area contributed by atoms with Crippen LogP contribution in [0.4, 0.5) is 5.69 Å². The molecule has 0 spiro atoms. The Morgan fingerprint density at radius 3 is 2.21 bits per heavy atom. The maximum Gasteiger partial charge on any atom is 0.193 e. The van der Waals surface area contributed by atoms with Gasteiger partial charge in [0.2, 0.25) is 0 Å². The second kappa shape index (κ2) is 7.39. The molecule has 3 N–H and O–H groups in total. The number of hydrogen-bond acceptors (Lipinski definition) is 2. The van der Waals surface area contributed by atoms with Gasteiger partial charge in [0.05, 0.1) is 13.7 Å². The molecule has 4 nitrogen and oxygen atoms in total. The van der Waals surface area contributed by atoms with E-state index in [9.17, 15) is 0 Å². The minimum atomic E-state index is -0.110. The van der Waals surface area contributed by atoms with Gasteiger partial charge in [-0.1, -0.05) is 32.0 Å². The van der Waals surface area contributed by atoms with E-state index in [0.717, 1.165) is 11.4 Å². The first kappa shape index (κ1) is 17.9. The third-order valence-corrected chi connectivity index (χ3v) is 4.01. The highest BCUT2D eigenvalue weighted by Gasteiger charge is 2.20. The van der Waals surface area contributed by atoms with Crippen LogP contribution < -0.4 is 15.8 Å². The van der Waals surface area contributed by atoms with Gasteiger partial charge in [-0.05, 0) is 54.8 Å². The molecule has 128 valence electrons. The number of nitrogens with zero attached hydrogens (tertiary/aromatic N) is 1. The van der Waals surface area contributed by atoms with Gasteiger partial charge in [0.25, 0.3) is 0 Å². The first-order chi connectivity index (χ1) is 11.3. The predicted octanol–water partition coefficient (Wildman–Crippen LogP) is 4.02. The summed E-state index contributed by atoms with van der Waals surface area (Å²) >= 11 is 0. The van der Waals surface area contributed by atoms with Crippen molar-refractivity contribution in [3.05, 3.63) is 59.2 Å². The summed E-state index contributed by atoms with van der Waals surface area (Å²) in [6.07, 6.45) is 0. The Morgan fingerprint density at radius 2 is 1.67 bits per heavy atom. The van der Waals surface area contributed by atoms with Crippen LogP contribution in [0.2, 0.25) is 0 Å². The highest BCUT2D eigenvalue weighted by Crippen LogP contribution is 2.25. The van der Waals surface area contributed by atoms with Crippen LogP contribution in [0, 0.1) is 13.8 Å². The Morgan fingerprint density at radius 1 is 1.08 bits per heavy atom. The minimum absolute atomic E-state index is 0.110. The monoisotopic (exact) mass is 325 g/mol. The quantitative estimate of drug-likeness (QED) is 0.645. The molecule has 0 bridgehead atoms. The SMILES string of the molecule is COc1ccc(C(C)(C)CN=C(N)Nc2cc(C)cc(C)c2)cc1. The van der Waals surface area contributed by atoms with Gasteiger partial charge < -0.3 is 15.8 Å². The van der Waals surface area contributed by atoms with Crippen molar-refractivity contribution in [1.29, 1.82) is 0 Å². The lowest BCUT2D eigenvalue weighted by Gasteiger charge is -2.23. The number of hydrogen-bond donors (Lipinski definition) is 2. The number of aliphatic imine (C=N–C) groups is 1. The van der Waals surface area contributed by atoms with E-state index in [1.54, 1.807) is 7.11 Å². The van der Waals surface area contributed by atoms with E-state index in [-0.39, 0.29) is 5.41 Å². The maximum absolute atomic E-state index is 6.06. The van der Waals surface area contributed by atoms with Crippen LogP contribution in [0.3, 0.4) is 0 Å². The number of rotatable bonds is 5. The summed E-state index contributed by atoms with van der Waals surface area (Å²) in [7, 11) is 1.67. The summed E-state index contributed by atoms with van der Waals surface area (Å²) in [4.78, 5) is 4.52. The fraction of sp³-hybridized carbons (Fsp3) is 0.350. The molecular weight excluding hydrogens is 298 g/mol. The van der Waals surface area contributed by atoms with Crippen molar-refractivity contribution >= 4 is 11.6 Å². The average molecular weight is 325 g/mol. The predicted molar refractivity (Wildman–Crippen MR) is 102 cm³/mol. The lowest BCUT2D eigenvalue weighted by Crippen LogP contribution is -2.27. The molecule has 0 heterocycles. The normalized spacial score (nSPS) is 12.1. The zero-order chi connectivity index (χ0) is 17.7. The second-order valence-electron chi connectivity index (χ2n) is 6.82. The molecule has 2 aromatic rings. The Kier molecular flexibility index (Phi) is 5.50. The highest BCUT2D eigenvalue weighted by atomic mass is 16.5. The maximum atomic E-state index is 6.06. The van der Waals surface area contributed by atoms with Gasteiger partial charge in [-0.3, -0.25) is 4.99 Å². The zero-order valence-corrected chi connectivity index (χ0v) is 15.2. The molecule has 0 radical (unpaired) electrons. The molecular formula is C20H27N3O. The third-order valence-electron chi connectivity index (χ3n) is 4.01. The van der Waals surface area contributed by atoms with Crippen LogP contribution in [0.1, 0.15) is 30.5 Å². The number of nitrogens with two attached hydrogens (primary N) is 1. The minimum Gasteiger partial charge on any atom is -0.497 e. The molecule has 0 aliphatic rings. The summed E-state index contributed by atoms with van der Waals surface area (Å²) < 4.78 is 5.21. The summed E-state index contributed by atoms with van der Waals surface area (Å²) in [6.45, 7) is 9.05. The molecule has 0 fully saturated rings. The van der Waals surface area contributed by atoms with E-state index in [0.29, 0.717) is 12.5 Å². The third kappa shape index (κ3) is 4.75. The molecule has 4 heteroatoms. The first-order valence-corrected chi connectivity index (χ1v) is 8.10. The molecule has 0 amide bonds. The molecule has 0 aliphatic carbocycles. The molecule has 0 aliphatic heterocycles. The van der Waals surface area contributed by atoms with Gasteiger partial charge >= 0.3 is 0 Å². The van der Waals surface area contributed by atoms with Crippen LogP contribution >= 0.6 is 0 Å². The van der Waals surface area contributed by atoms with Crippen molar-refractivity contribution in [1.82, 2.24) is 0 Å². The smallest absolute Gasteiger partial charge is 0.193 e. The molecule has 2 rings (SSSR count). The molecule has 0 atom stereocenters. The van der Waals surface area contributed by atoms with Crippen molar-refractivity contribution in [2.45, 2.75) is 33.1 Å². The Balaban J connectivity index is 2.06. The van der Waals surface area contributed by atoms with E-state index in [1.807, 2.05) is 12.1 Å². The van der Waals surface area contributed by atoms with Crippen LogP contribution in [0.25, 0.3) is 0 Å². The molecule has 2 aromatic carbocycles. The van der Waals surface area contributed by atoms with E-state index < -0.39 is 0 Å². The van der Waals surface area contributed by atoms with Crippen molar-refractivity contribution in [2.24, 2.45) is 10.7 Å². The van der Waals surface area contributed by atoms with Gasteiger partial charge in [0.15, 0.2) is 5.96 Å². The van der Waals surface area contributed by atoms with Crippen molar-refractivity contribution in [2.75, 3.05) is 19.0 Å². The van der Waals surface area contributed by atoms with Gasteiger partial charge in [-0.25, -0.2) is 0 Å².